The standard InChI is InChI=1S/C9H9N3O/c1-6-5-8(7(2)13)11-9-3-4-10-12(6)9/h3-5H,1-2H3. The van der Waals surface area contributed by atoms with Gasteiger partial charge in [0, 0.05) is 18.7 Å². The Morgan fingerprint density at radius 1 is 1.54 bits per heavy atom. The highest BCUT2D eigenvalue weighted by Crippen LogP contribution is 2.06. The lowest BCUT2D eigenvalue weighted by atomic mass is 10.2. The van der Waals surface area contributed by atoms with Crippen LogP contribution in [-0.2, 0) is 0 Å². The van der Waals surface area contributed by atoms with Crippen LogP contribution in [0.2, 0.25) is 0 Å². The van der Waals surface area contributed by atoms with Crippen LogP contribution < -0.4 is 0 Å². The Balaban J connectivity index is 2.77. The largest absolute Gasteiger partial charge is 0.293 e. The molecule has 0 saturated carbocycles. The van der Waals surface area contributed by atoms with Crippen molar-refractivity contribution in [3.63, 3.8) is 0 Å². The molecule has 4 nitrogen and oxygen atoms in total. The first-order valence-electron chi connectivity index (χ1n) is 4.01. The number of nitrogens with zero attached hydrogens (tertiary/aromatic N) is 3. The molecule has 0 aromatic carbocycles. The van der Waals surface area contributed by atoms with Gasteiger partial charge in [0.15, 0.2) is 11.4 Å². The lowest BCUT2D eigenvalue weighted by Crippen LogP contribution is -2.03. The molecule has 0 unspecified atom stereocenters. The first-order chi connectivity index (χ1) is 6.18. The molecule has 2 rings (SSSR count). The number of fused-ring (bicyclic) bond motifs is 1. The molecule has 0 radical (unpaired) electrons. The molecule has 4 heteroatoms. The Hall–Kier alpha value is -1.71. The smallest absolute Gasteiger partial charge is 0.178 e. The molecule has 0 aliphatic heterocycles. The van der Waals surface area contributed by atoms with E-state index < -0.39 is 0 Å². The van der Waals surface area contributed by atoms with Gasteiger partial charge in [0.05, 0.1) is 6.20 Å². The fourth-order valence-electron chi connectivity index (χ4n) is 1.25. The molecule has 0 amide bonds. The van der Waals surface area contributed by atoms with E-state index in [1.165, 1.54) is 6.92 Å². The Bertz CT molecular complexity index is 473. The summed E-state index contributed by atoms with van der Waals surface area (Å²) in [6.07, 6.45) is 1.67. The third kappa shape index (κ3) is 1.20. The van der Waals surface area contributed by atoms with Gasteiger partial charge in [-0.15, -0.1) is 0 Å². The fourth-order valence-corrected chi connectivity index (χ4v) is 1.25. The molecular weight excluding hydrogens is 166 g/mol. The van der Waals surface area contributed by atoms with Crippen LogP contribution in [0.3, 0.4) is 0 Å². The molecule has 0 aliphatic rings. The zero-order chi connectivity index (χ0) is 9.42. The third-order valence-electron chi connectivity index (χ3n) is 1.90. The molecule has 0 fully saturated rings. The number of aromatic nitrogens is 3. The number of carbonyl (C=O) groups is 1. The first kappa shape index (κ1) is 7.91. The second-order valence-electron chi connectivity index (χ2n) is 2.94. The number of rotatable bonds is 1. The molecule has 0 bridgehead atoms. The van der Waals surface area contributed by atoms with Gasteiger partial charge in [-0.25, -0.2) is 9.50 Å². The summed E-state index contributed by atoms with van der Waals surface area (Å²) >= 11 is 0. The van der Waals surface area contributed by atoms with Gasteiger partial charge in [-0.2, -0.15) is 5.10 Å². The second kappa shape index (κ2) is 2.65. The monoisotopic (exact) mass is 175 g/mol. The van der Waals surface area contributed by atoms with Crippen molar-refractivity contribution in [1.82, 2.24) is 14.6 Å². The van der Waals surface area contributed by atoms with Crippen LogP contribution in [0.1, 0.15) is 23.1 Å². The van der Waals surface area contributed by atoms with Gasteiger partial charge >= 0.3 is 0 Å². The molecule has 0 aliphatic carbocycles. The van der Waals surface area contributed by atoms with Gasteiger partial charge in [-0.3, -0.25) is 4.79 Å². The Labute approximate surface area is 75.2 Å². The van der Waals surface area contributed by atoms with Gasteiger partial charge in [-0.1, -0.05) is 0 Å². The molecule has 13 heavy (non-hydrogen) atoms. The van der Waals surface area contributed by atoms with Gasteiger partial charge in [0.25, 0.3) is 0 Å². The van der Waals surface area contributed by atoms with E-state index in [0.29, 0.717) is 11.3 Å². The van der Waals surface area contributed by atoms with Crippen LogP contribution in [0.4, 0.5) is 0 Å². The molecule has 0 saturated heterocycles. The lowest BCUT2D eigenvalue weighted by molar-refractivity contribution is 0.101. The van der Waals surface area contributed by atoms with Crippen molar-refractivity contribution in [2.75, 3.05) is 0 Å². The Kier molecular flexibility index (Phi) is 1.62. The highest BCUT2D eigenvalue weighted by Gasteiger charge is 2.05. The summed E-state index contributed by atoms with van der Waals surface area (Å²) in [7, 11) is 0. The predicted octanol–water partition coefficient (Wildman–Crippen LogP) is 1.24. The van der Waals surface area contributed by atoms with Crippen LogP contribution in [0.15, 0.2) is 18.3 Å². The highest BCUT2D eigenvalue weighted by atomic mass is 16.1. The van der Waals surface area contributed by atoms with Gasteiger partial charge in [0.1, 0.15) is 5.69 Å². The molecule has 0 spiro atoms. The molecule has 0 N–H and O–H groups in total. The number of hydrogen-bond donors (Lipinski definition) is 0. The van der Waals surface area contributed by atoms with Crippen molar-refractivity contribution in [3.05, 3.63) is 29.7 Å². The van der Waals surface area contributed by atoms with Crippen molar-refractivity contribution in [2.45, 2.75) is 13.8 Å². The van der Waals surface area contributed by atoms with E-state index in [1.807, 2.05) is 6.92 Å². The molecular formula is C9H9N3O. The average molecular weight is 175 g/mol. The number of carbonyl (C=O) groups excluding carboxylic acids is 1. The lowest BCUT2D eigenvalue weighted by Gasteiger charge is -2.00. The summed E-state index contributed by atoms with van der Waals surface area (Å²) in [4.78, 5) is 15.2. The van der Waals surface area contributed by atoms with E-state index in [2.05, 4.69) is 10.1 Å². The first-order valence-corrected chi connectivity index (χ1v) is 4.01. The van der Waals surface area contributed by atoms with Crippen LogP contribution in [-0.4, -0.2) is 20.4 Å². The highest BCUT2D eigenvalue weighted by molar-refractivity contribution is 5.92. The maximum Gasteiger partial charge on any atom is 0.178 e. The van der Waals surface area contributed by atoms with Crippen LogP contribution in [0.5, 0.6) is 0 Å². The quantitative estimate of drug-likeness (QED) is 0.612. The van der Waals surface area contributed by atoms with E-state index >= 15 is 0 Å². The van der Waals surface area contributed by atoms with E-state index in [1.54, 1.807) is 22.8 Å². The topological polar surface area (TPSA) is 47.3 Å². The maximum atomic E-state index is 11.1. The minimum atomic E-state index is -0.0215. The van der Waals surface area contributed by atoms with Crippen LogP contribution >= 0.6 is 0 Å². The van der Waals surface area contributed by atoms with Crippen molar-refractivity contribution in [3.8, 4) is 0 Å². The van der Waals surface area contributed by atoms with Crippen molar-refractivity contribution < 1.29 is 4.79 Å². The molecule has 0 atom stereocenters. The number of hydrogen-bond acceptors (Lipinski definition) is 3. The molecule has 2 aromatic rings. The summed E-state index contributed by atoms with van der Waals surface area (Å²) in [5, 5.41) is 4.06. The molecule has 66 valence electrons. The number of Topliss-reactive ketones (excluding diaryl/α,β-unsaturated/α-hetero) is 1. The molecule has 2 heterocycles. The number of ketones is 1. The Morgan fingerprint density at radius 2 is 2.31 bits per heavy atom. The summed E-state index contributed by atoms with van der Waals surface area (Å²) in [6, 6.07) is 3.52. The predicted molar refractivity (Wildman–Crippen MR) is 47.7 cm³/mol. The van der Waals surface area contributed by atoms with Crippen LogP contribution in [0.25, 0.3) is 5.65 Å². The van der Waals surface area contributed by atoms with Gasteiger partial charge in [0.2, 0.25) is 0 Å². The summed E-state index contributed by atoms with van der Waals surface area (Å²) < 4.78 is 1.70. The third-order valence-corrected chi connectivity index (χ3v) is 1.90. The Morgan fingerprint density at radius 3 is 3.00 bits per heavy atom. The zero-order valence-electron chi connectivity index (χ0n) is 7.48. The van der Waals surface area contributed by atoms with Crippen molar-refractivity contribution >= 4 is 11.4 Å². The van der Waals surface area contributed by atoms with E-state index in [9.17, 15) is 4.79 Å². The number of aryl methyl sites for hydroxylation is 1. The van der Waals surface area contributed by atoms with E-state index in [-0.39, 0.29) is 5.78 Å². The minimum absolute atomic E-state index is 0.0215. The second-order valence-corrected chi connectivity index (χ2v) is 2.94. The zero-order valence-corrected chi connectivity index (χ0v) is 7.48. The summed E-state index contributed by atoms with van der Waals surface area (Å²) in [5.74, 6) is -0.0215. The van der Waals surface area contributed by atoms with Crippen molar-refractivity contribution in [2.24, 2.45) is 0 Å². The fraction of sp³-hybridized carbons (Fsp3) is 0.222. The average Bonchev–Trinajstić information content (AvgIpc) is 2.51. The van der Waals surface area contributed by atoms with Crippen LogP contribution in [0, 0.1) is 6.92 Å². The minimum Gasteiger partial charge on any atom is -0.293 e. The van der Waals surface area contributed by atoms with Gasteiger partial charge < -0.3 is 0 Å². The summed E-state index contributed by atoms with van der Waals surface area (Å²) in [5.41, 5.74) is 2.12. The van der Waals surface area contributed by atoms with Gasteiger partial charge in [-0.05, 0) is 13.0 Å². The summed E-state index contributed by atoms with van der Waals surface area (Å²) in [6.45, 7) is 3.41. The van der Waals surface area contributed by atoms with E-state index in [4.69, 9.17) is 0 Å². The SMILES string of the molecule is CC(=O)c1cc(C)n2nccc2n1. The van der Waals surface area contributed by atoms with Crippen molar-refractivity contribution in [1.29, 1.82) is 0 Å². The molecule has 2 aromatic heterocycles. The normalized spacial score (nSPS) is 10.6. The maximum absolute atomic E-state index is 11.1. The van der Waals surface area contributed by atoms with E-state index in [0.717, 1.165) is 5.69 Å².